The number of pyridine rings is 2. The van der Waals surface area contributed by atoms with Crippen LogP contribution in [0.25, 0.3) is 0 Å². The molecule has 6 heterocycles. The Balaban J connectivity index is 0.000000437. The quantitative estimate of drug-likeness (QED) is 0.00607. The molecule has 0 radical (unpaired) electrons. The lowest BCUT2D eigenvalue weighted by atomic mass is 9.92. The van der Waals surface area contributed by atoms with E-state index < -0.39 is 166 Å². The summed E-state index contributed by atoms with van der Waals surface area (Å²) in [6.07, 6.45) is -0.167. The van der Waals surface area contributed by atoms with Gasteiger partial charge >= 0.3 is 48.5 Å². The van der Waals surface area contributed by atoms with Gasteiger partial charge in [-0.1, -0.05) is 33.7 Å². The van der Waals surface area contributed by atoms with E-state index >= 15 is 0 Å². The summed E-state index contributed by atoms with van der Waals surface area (Å²) < 4.78 is 271. The average Bonchev–Trinajstić information content (AvgIpc) is 0.786. The molecular weight excluding hydrogens is 1960 g/mol. The van der Waals surface area contributed by atoms with Crippen LogP contribution < -0.4 is 15.2 Å². The number of benzene rings is 2. The standard InChI is InChI=1S/C23H42O13.C17H37NO8.C13H15NO5S2.2C12H7F5O5.C7H9NOS2/c1-23(19-35-22(25)36-20-23)21(24)34-18-17-33-16-15-32-14-13-31-12-11-30-10-9-29-8-7-28-6-5-27-4-3-26-2;1-19-4-5-21-8-9-23-12-13-25-16-17-26-15-14-24-11-10-22-7-6-20-3-2-18;1-13(8-18-12(16)19-9-13)11(15)17-6-7-20-21-10-4-2-3-5-14-10;2*1-12(2-20-11(19)21-3-12)10(18)22-9-7(16)5(14)4(13)6(15)8(9)17;9-5-6-10-11-7-3-1-2-4-8-7/h3-20H2,1-2H3;2-18H2,1H3;2-5H,6-9H2,1H3;2*2-3H2,1H3;1-4,9H,5-6H2. The average molecular weight is 2080 g/mol. The van der Waals surface area contributed by atoms with Gasteiger partial charge in [-0.15, -0.1) is 0 Å². The number of aliphatic hydroxyl groups excluding tert-OH is 1. The zero-order chi connectivity index (χ0) is 102. The van der Waals surface area contributed by atoms with Crippen molar-refractivity contribution in [1.29, 1.82) is 0 Å². The van der Waals surface area contributed by atoms with Gasteiger partial charge in [0.1, 0.15) is 97.8 Å². The lowest BCUT2D eigenvalue weighted by Gasteiger charge is -2.29. The van der Waals surface area contributed by atoms with Crippen LogP contribution in [0.2, 0.25) is 0 Å². The Hall–Kier alpha value is -8.32. The lowest BCUT2D eigenvalue weighted by Crippen LogP contribution is -2.45. The van der Waals surface area contributed by atoms with Crippen LogP contribution in [-0.4, -0.2) is 367 Å². The van der Waals surface area contributed by atoms with Gasteiger partial charge in [-0.05, 0) is 73.5 Å². The van der Waals surface area contributed by atoms with Gasteiger partial charge in [-0.3, -0.25) is 19.2 Å². The molecule has 40 nitrogen and oxygen atoms in total. The van der Waals surface area contributed by atoms with E-state index in [1.165, 1.54) is 10.8 Å². The number of aromatic nitrogens is 2. The number of halogens is 10. The van der Waals surface area contributed by atoms with Gasteiger partial charge in [0.25, 0.3) is 0 Å². The highest BCUT2D eigenvalue weighted by Gasteiger charge is 2.47. The van der Waals surface area contributed by atoms with Crippen molar-refractivity contribution < 1.29 is 220 Å². The van der Waals surface area contributed by atoms with Gasteiger partial charge in [-0.25, -0.2) is 55.5 Å². The Morgan fingerprint density at radius 3 is 0.768 bits per heavy atom. The molecule has 3 N–H and O–H groups in total. The Bertz CT molecular complexity index is 3870. The first-order valence-electron chi connectivity index (χ1n) is 42.2. The molecule has 2 aromatic carbocycles. The van der Waals surface area contributed by atoms with Crippen LogP contribution >= 0.6 is 43.2 Å². The normalized spacial score (nSPS) is 14.7. The molecule has 0 unspecified atom stereocenters. The zero-order valence-electron chi connectivity index (χ0n) is 76.8. The molecule has 0 aliphatic carbocycles. The number of rotatable bonds is 62. The Morgan fingerprint density at radius 2 is 0.536 bits per heavy atom. The Kier molecular flexibility index (Phi) is 67.0. The molecule has 0 saturated carbocycles. The molecule has 4 saturated heterocycles. The van der Waals surface area contributed by atoms with E-state index in [4.69, 9.17) is 115 Å². The summed E-state index contributed by atoms with van der Waals surface area (Å²) in [5.41, 5.74) is 0.0635. The fourth-order valence-corrected chi connectivity index (χ4v) is 12.6. The Labute approximate surface area is 804 Å². The third-order valence-electron chi connectivity index (χ3n) is 17.0. The van der Waals surface area contributed by atoms with E-state index in [1.807, 2.05) is 36.4 Å². The summed E-state index contributed by atoms with van der Waals surface area (Å²) in [6, 6.07) is 11.5. The number of nitrogens with zero attached hydrogens (tertiary/aromatic N) is 2. The highest BCUT2D eigenvalue weighted by atomic mass is 33.1. The first-order chi connectivity index (χ1) is 66.4. The molecule has 138 heavy (non-hydrogen) atoms. The third kappa shape index (κ3) is 52.4. The minimum absolute atomic E-state index is 0.0134. The molecule has 2 aromatic heterocycles. The Morgan fingerprint density at radius 1 is 0.319 bits per heavy atom. The topological polar surface area (TPSA) is 467 Å². The molecule has 0 bridgehead atoms. The monoisotopic (exact) mass is 2080 g/mol. The van der Waals surface area contributed by atoms with E-state index in [-0.39, 0.29) is 52.9 Å². The van der Waals surface area contributed by atoms with Crippen molar-refractivity contribution in [2.75, 3.05) is 303 Å². The fraction of sp³-hybridized carbons (Fsp3) is 0.643. The number of esters is 4. The minimum atomic E-state index is -2.38. The molecule has 0 spiro atoms. The number of methoxy groups -OCH3 is 2. The third-order valence-corrected chi connectivity index (χ3v) is 21.4. The summed E-state index contributed by atoms with van der Waals surface area (Å²) in [6.45, 7) is 19.9. The molecular formula is C84H117F10N3O37S4. The van der Waals surface area contributed by atoms with Gasteiger partial charge in [0.2, 0.25) is 69.7 Å². The summed E-state index contributed by atoms with van der Waals surface area (Å²) in [4.78, 5) is 99.1. The number of hydrogen-bond donors (Lipinski definition) is 2. The largest absolute Gasteiger partial charge is 0.508 e. The summed E-state index contributed by atoms with van der Waals surface area (Å²) in [5, 5.41) is 10.4. The second kappa shape index (κ2) is 74.6. The molecule has 0 atom stereocenters. The fourth-order valence-electron chi connectivity index (χ4n) is 9.29. The van der Waals surface area contributed by atoms with Crippen molar-refractivity contribution in [3.8, 4) is 11.5 Å². The number of nitrogens with two attached hydrogens (primary N) is 1. The van der Waals surface area contributed by atoms with Crippen LogP contribution in [0.1, 0.15) is 27.7 Å². The van der Waals surface area contributed by atoms with Gasteiger partial charge in [-0.2, -0.15) is 17.6 Å². The number of carbonyl (C=O) groups is 8. The van der Waals surface area contributed by atoms with Crippen LogP contribution in [0, 0.1) is 79.8 Å². The first-order valence-corrected chi connectivity index (χ1v) is 46.8. The van der Waals surface area contributed by atoms with E-state index in [0.717, 1.165) is 29.7 Å². The molecule has 4 aromatic rings. The number of aliphatic hydroxyl groups is 1. The summed E-state index contributed by atoms with van der Waals surface area (Å²) >= 11 is 0. The van der Waals surface area contributed by atoms with Crippen molar-refractivity contribution in [3.63, 3.8) is 0 Å². The number of ether oxygens (including phenoxy) is 28. The van der Waals surface area contributed by atoms with Crippen molar-refractivity contribution in [2.45, 2.75) is 37.7 Å². The van der Waals surface area contributed by atoms with Crippen molar-refractivity contribution >= 4 is 91.7 Å². The maximum Gasteiger partial charge on any atom is 0.508 e. The molecule has 54 heteroatoms. The molecule has 4 aliphatic heterocycles. The van der Waals surface area contributed by atoms with E-state index in [1.54, 1.807) is 72.8 Å². The van der Waals surface area contributed by atoms with E-state index in [2.05, 4.69) is 38.4 Å². The maximum atomic E-state index is 13.4. The molecule has 4 fully saturated rings. The highest BCUT2D eigenvalue weighted by molar-refractivity contribution is 8.77. The number of hydrogen-bond acceptors (Lipinski definition) is 44. The van der Waals surface area contributed by atoms with Crippen molar-refractivity contribution in [1.82, 2.24) is 9.97 Å². The smallest absolute Gasteiger partial charge is 0.464 e. The van der Waals surface area contributed by atoms with Gasteiger partial charge < -0.3 is 143 Å². The molecule has 0 amide bonds. The van der Waals surface area contributed by atoms with E-state index in [9.17, 15) is 82.3 Å². The molecule has 4 aliphatic rings. The van der Waals surface area contributed by atoms with Crippen LogP contribution in [0.3, 0.4) is 0 Å². The van der Waals surface area contributed by atoms with Crippen LogP contribution in [0.4, 0.5) is 63.1 Å². The van der Waals surface area contributed by atoms with Crippen molar-refractivity contribution in [2.24, 2.45) is 27.4 Å². The highest BCUT2D eigenvalue weighted by Crippen LogP contribution is 2.36. The van der Waals surface area contributed by atoms with Crippen LogP contribution in [0.15, 0.2) is 58.8 Å². The number of cyclic esters (lactones) is 8. The minimum Gasteiger partial charge on any atom is -0.464 e. The second-order valence-electron chi connectivity index (χ2n) is 28.6. The zero-order valence-corrected chi connectivity index (χ0v) is 80.0. The number of carbonyl (C=O) groups excluding carboxylic acids is 8. The molecule has 8 rings (SSSR count). The van der Waals surface area contributed by atoms with Crippen LogP contribution in [-0.2, 0) is 142 Å². The maximum absolute atomic E-state index is 13.4. The molecule has 784 valence electrons. The predicted octanol–water partition coefficient (Wildman–Crippen LogP) is 9.45. The van der Waals surface area contributed by atoms with Gasteiger partial charge in [0.05, 0.1) is 205 Å². The SMILES string of the molecule is CC1(C(=O)OCCSSc2ccccn2)COC(=O)OC1.CC1(C(=O)Oc2c(F)c(F)c(F)c(F)c2F)COC(=O)OC1.CC1(C(=O)Oc2c(F)c(F)c(F)c(F)c2F)COC(=O)OC1.COCCOCCOCCOCCOCCOCCOCCOCCN.COCCOCCOCCOCCOCCOCCOCCOCCOC(=O)C1(C)COC(=O)OC1.OCCSSc1ccccn1. The first kappa shape index (κ1) is 124. The predicted molar refractivity (Wildman–Crippen MR) is 464 cm³/mol. The second-order valence-corrected chi connectivity index (χ2v) is 33.5. The van der Waals surface area contributed by atoms with E-state index in [0.29, 0.717) is 204 Å². The summed E-state index contributed by atoms with van der Waals surface area (Å²) in [5.74, 6) is -28.7. The van der Waals surface area contributed by atoms with Crippen LogP contribution in [0.5, 0.6) is 11.5 Å². The van der Waals surface area contributed by atoms with Gasteiger partial charge in [0.15, 0.2) is 0 Å². The lowest BCUT2D eigenvalue weighted by molar-refractivity contribution is -0.168. The van der Waals surface area contributed by atoms with Crippen molar-refractivity contribution in [3.05, 3.63) is 107 Å². The van der Waals surface area contributed by atoms with Gasteiger partial charge in [0, 0.05) is 44.7 Å². The summed E-state index contributed by atoms with van der Waals surface area (Å²) in [7, 11) is 9.56.